The summed E-state index contributed by atoms with van der Waals surface area (Å²) in [5.74, 6) is -0.862. The summed E-state index contributed by atoms with van der Waals surface area (Å²) in [5, 5.41) is 2.31. The summed E-state index contributed by atoms with van der Waals surface area (Å²) in [5.41, 5.74) is -1.11. The van der Waals surface area contributed by atoms with Crippen molar-refractivity contribution >= 4 is 17.8 Å². The first-order chi connectivity index (χ1) is 9.46. The number of hydrogen-bond acceptors (Lipinski definition) is 4. The number of carbonyl (C=O) groups is 3. The first-order valence-electron chi connectivity index (χ1n) is 7.05. The Balaban J connectivity index is 0.00000400. The van der Waals surface area contributed by atoms with Crippen molar-refractivity contribution in [3.8, 4) is 0 Å². The Kier molecular flexibility index (Phi) is 8.57. The molecule has 8 heteroatoms. The number of amides is 4. The van der Waals surface area contributed by atoms with Gasteiger partial charge in [0.2, 0.25) is 0 Å². The first kappa shape index (κ1) is 20.5. The molecule has 0 aromatic heterocycles. The molecule has 0 bridgehead atoms. The maximum Gasteiger partial charge on any atom is -0.412 e. The summed E-state index contributed by atoms with van der Waals surface area (Å²) in [6, 6.07) is -0.621. The van der Waals surface area contributed by atoms with Crippen LogP contribution in [0.15, 0.2) is 0 Å². The second-order valence-corrected chi connectivity index (χ2v) is 7.07. The van der Waals surface area contributed by atoms with Crippen LogP contribution in [0.5, 0.6) is 0 Å². The molecule has 1 atom stereocenters. The van der Waals surface area contributed by atoms with Gasteiger partial charge in [-0.2, -0.15) is 0 Å². The van der Waals surface area contributed by atoms with Crippen molar-refractivity contribution in [2.75, 3.05) is 13.2 Å². The normalized spacial score (nSPS) is 19.1. The van der Waals surface area contributed by atoms with Gasteiger partial charge < -0.3 is 5.48 Å². The van der Waals surface area contributed by atoms with Crippen molar-refractivity contribution < 1.29 is 50.7 Å². The molecular formula is C13H23HgN2O5. The molecule has 4 amide bonds. The predicted molar refractivity (Wildman–Crippen MR) is 72.1 cm³/mol. The molecule has 1 unspecified atom stereocenters. The van der Waals surface area contributed by atoms with E-state index in [2.05, 4.69) is 5.32 Å². The van der Waals surface area contributed by atoms with Crippen molar-refractivity contribution in [2.45, 2.75) is 43.6 Å². The van der Waals surface area contributed by atoms with E-state index >= 15 is 0 Å². The van der Waals surface area contributed by atoms with E-state index in [0.29, 0.717) is 45.6 Å². The zero-order chi connectivity index (χ0) is 15.3. The van der Waals surface area contributed by atoms with Crippen LogP contribution in [-0.4, -0.2) is 47.5 Å². The van der Waals surface area contributed by atoms with Crippen LogP contribution in [0.25, 0.3) is 0 Å². The van der Waals surface area contributed by atoms with Gasteiger partial charge in [-0.1, -0.05) is 0 Å². The zero-order valence-corrected chi connectivity index (χ0v) is 18.4. The number of imide groups is 2. The van der Waals surface area contributed by atoms with E-state index in [1.54, 1.807) is 13.8 Å². The number of hydrogen-bond donors (Lipinski definition) is 1. The molecule has 0 aliphatic carbocycles. The third kappa shape index (κ3) is 4.01. The third-order valence-electron chi connectivity index (χ3n) is 3.87. The largest absolute Gasteiger partial charge is 0.412 e. The molecule has 0 spiro atoms. The standard InChI is InChI=1S/C13H21N2O4.Hg.H2O/c1-5-13(6-2)10(16)14-12(18)15(11(13)17)8-9(4)19-7-3;;/h9H,4-8H2,1-3H3,(H,14,16,18);;1H2. The Bertz CT molecular complexity index is 398. The summed E-state index contributed by atoms with van der Waals surface area (Å²) in [6.45, 7) is 6.27. The topological polar surface area (TPSA) is 107 Å². The van der Waals surface area contributed by atoms with Crippen LogP contribution >= 0.6 is 0 Å². The monoisotopic (exact) mass is 489 g/mol. The van der Waals surface area contributed by atoms with E-state index in [-0.39, 0.29) is 24.0 Å². The van der Waals surface area contributed by atoms with Gasteiger partial charge in [-0.05, 0) is 0 Å². The van der Waals surface area contributed by atoms with Crippen LogP contribution in [0.3, 0.4) is 0 Å². The van der Waals surface area contributed by atoms with Gasteiger partial charge in [0.15, 0.2) is 0 Å². The number of rotatable bonds is 7. The van der Waals surface area contributed by atoms with Gasteiger partial charge in [0, 0.05) is 0 Å². The molecule has 1 aliphatic heterocycles. The molecule has 1 fully saturated rings. The summed E-state index contributed by atoms with van der Waals surface area (Å²) in [7, 11) is 0. The van der Waals surface area contributed by atoms with Gasteiger partial charge in [-0.15, -0.1) is 0 Å². The smallest absolute Gasteiger partial charge is 0.412 e. The Labute approximate surface area is 141 Å². The minimum Gasteiger partial charge on any atom is -0.412 e. The van der Waals surface area contributed by atoms with E-state index in [9.17, 15) is 14.4 Å². The number of ether oxygens (including phenoxy) is 1. The van der Waals surface area contributed by atoms with Crippen LogP contribution in [-0.2, 0) is 40.4 Å². The van der Waals surface area contributed by atoms with E-state index in [1.165, 1.54) is 0 Å². The minimum absolute atomic E-state index is 0. The minimum atomic E-state index is -1.11. The molecule has 1 rings (SSSR count). The van der Waals surface area contributed by atoms with Gasteiger partial charge in [-0.3, -0.25) is 0 Å². The summed E-state index contributed by atoms with van der Waals surface area (Å²) in [6.07, 6.45) is 0.668. The number of carbonyl (C=O) groups excluding carboxylic acids is 3. The molecule has 7 nitrogen and oxygen atoms in total. The average molecular weight is 488 g/mol. The second kappa shape index (κ2) is 8.80. The van der Waals surface area contributed by atoms with Gasteiger partial charge in [0.1, 0.15) is 0 Å². The van der Waals surface area contributed by atoms with E-state index in [4.69, 9.17) is 4.74 Å². The second-order valence-electron chi connectivity index (χ2n) is 4.83. The molecule has 0 saturated carbocycles. The fraction of sp³-hybridized carbons (Fsp3) is 0.769. The SMILES string of the molecule is CCOC([CH2][Hg])CN1C(=O)NC(=O)C(CC)(CC)C1=O.O. The summed E-state index contributed by atoms with van der Waals surface area (Å²) < 4.78 is 6.44. The van der Waals surface area contributed by atoms with E-state index < -0.39 is 17.4 Å². The van der Waals surface area contributed by atoms with Gasteiger partial charge in [-0.25, -0.2) is 0 Å². The molecule has 0 aromatic rings. The van der Waals surface area contributed by atoms with Crippen LogP contribution in [0.1, 0.15) is 33.6 Å². The molecule has 3 N–H and O–H groups in total. The quantitative estimate of drug-likeness (QED) is 0.414. The third-order valence-corrected chi connectivity index (χ3v) is 6.38. The molecule has 0 aromatic carbocycles. The maximum atomic E-state index is 12.6. The van der Waals surface area contributed by atoms with Crippen LogP contribution < -0.4 is 5.32 Å². The number of urea groups is 1. The van der Waals surface area contributed by atoms with Crippen LogP contribution in [0.4, 0.5) is 4.79 Å². The maximum absolute atomic E-state index is 12.6. The van der Waals surface area contributed by atoms with Crippen LogP contribution in [0.2, 0.25) is 3.93 Å². The molecule has 0 radical (unpaired) electrons. The van der Waals surface area contributed by atoms with E-state index in [1.807, 2.05) is 6.92 Å². The van der Waals surface area contributed by atoms with Gasteiger partial charge >= 0.3 is 136 Å². The van der Waals surface area contributed by atoms with Gasteiger partial charge in [0.05, 0.1) is 0 Å². The zero-order valence-electron chi connectivity index (χ0n) is 12.9. The van der Waals surface area contributed by atoms with Crippen molar-refractivity contribution in [1.29, 1.82) is 0 Å². The average Bonchev–Trinajstić information content (AvgIpc) is 2.43. The molecule has 1 aliphatic rings. The fourth-order valence-electron chi connectivity index (χ4n) is 2.44. The molecule has 117 valence electrons. The van der Waals surface area contributed by atoms with Crippen LogP contribution in [0, 0.1) is 5.41 Å². The van der Waals surface area contributed by atoms with Crippen molar-refractivity contribution in [3.05, 3.63) is 0 Å². The number of nitrogens with one attached hydrogen (secondary N) is 1. The first-order valence-corrected chi connectivity index (χ1v) is 10.9. The number of barbiturate groups is 1. The summed E-state index contributed by atoms with van der Waals surface area (Å²) >= 11 is 0.524. The van der Waals surface area contributed by atoms with Crippen molar-refractivity contribution in [3.63, 3.8) is 0 Å². The number of nitrogens with zero attached hydrogens (tertiary/aromatic N) is 1. The molecular weight excluding hydrogens is 465 g/mol. The van der Waals surface area contributed by atoms with E-state index in [0.717, 1.165) is 8.83 Å². The Morgan fingerprint density at radius 2 is 1.81 bits per heavy atom. The Morgan fingerprint density at radius 3 is 2.24 bits per heavy atom. The predicted octanol–water partition coefficient (Wildman–Crippen LogP) is 0.417. The fourth-order valence-corrected chi connectivity index (χ4v) is 3.80. The molecule has 21 heavy (non-hydrogen) atoms. The Morgan fingerprint density at radius 1 is 1.24 bits per heavy atom. The molecule has 1 heterocycles. The van der Waals surface area contributed by atoms with Crippen molar-refractivity contribution in [2.24, 2.45) is 5.41 Å². The molecule has 1 saturated heterocycles. The van der Waals surface area contributed by atoms with Crippen molar-refractivity contribution in [1.82, 2.24) is 10.2 Å². The Hall–Kier alpha value is -0.535. The summed E-state index contributed by atoms with van der Waals surface area (Å²) in [4.78, 5) is 37.7. The van der Waals surface area contributed by atoms with Gasteiger partial charge in [0.25, 0.3) is 0 Å².